The SMILES string of the molecule is CCc1ccc(CC(O)c2ccccc2OC(F)F)s1. The minimum Gasteiger partial charge on any atom is -0.434 e. The van der Waals surface area contributed by atoms with Gasteiger partial charge in [-0.1, -0.05) is 25.1 Å². The maximum atomic E-state index is 12.3. The van der Waals surface area contributed by atoms with E-state index in [-0.39, 0.29) is 5.75 Å². The molecule has 0 spiro atoms. The third kappa shape index (κ3) is 3.77. The molecule has 0 saturated heterocycles. The monoisotopic (exact) mass is 298 g/mol. The second kappa shape index (κ2) is 6.81. The van der Waals surface area contributed by atoms with Gasteiger partial charge in [0, 0.05) is 21.7 Å². The van der Waals surface area contributed by atoms with E-state index in [2.05, 4.69) is 11.7 Å². The minimum absolute atomic E-state index is 0.0299. The summed E-state index contributed by atoms with van der Waals surface area (Å²) in [4.78, 5) is 2.27. The number of benzene rings is 1. The highest BCUT2D eigenvalue weighted by Crippen LogP contribution is 2.30. The molecule has 0 bridgehead atoms. The number of para-hydroxylation sites is 1. The van der Waals surface area contributed by atoms with Crippen molar-refractivity contribution >= 4 is 11.3 Å². The molecule has 0 amide bonds. The zero-order valence-electron chi connectivity index (χ0n) is 11.1. The van der Waals surface area contributed by atoms with Crippen LogP contribution >= 0.6 is 11.3 Å². The van der Waals surface area contributed by atoms with Crippen LogP contribution in [-0.4, -0.2) is 11.7 Å². The summed E-state index contributed by atoms with van der Waals surface area (Å²) in [7, 11) is 0. The van der Waals surface area contributed by atoms with Crippen molar-refractivity contribution in [1.29, 1.82) is 0 Å². The fourth-order valence-electron chi connectivity index (χ4n) is 1.98. The summed E-state index contributed by atoms with van der Waals surface area (Å²) in [5, 5.41) is 10.2. The number of hydrogen-bond acceptors (Lipinski definition) is 3. The largest absolute Gasteiger partial charge is 0.434 e. The number of halogens is 2. The molecule has 5 heteroatoms. The van der Waals surface area contributed by atoms with Crippen LogP contribution in [0.3, 0.4) is 0 Å². The molecule has 0 radical (unpaired) electrons. The van der Waals surface area contributed by atoms with Crippen molar-refractivity contribution < 1.29 is 18.6 Å². The normalized spacial score (nSPS) is 12.7. The van der Waals surface area contributed by atoms with Crippen molar-refractivity contribution in [2.75, 3.05) is 0 Å². The molecule has 0 aliphatic rings. The Morgan fingerprint density at radius 3 is 2.50 bits per heavy atom. The highest BCUT2D eigenvalue weighted by Gasteiger charge is 2.17. The first-order chi connectivity index (χ1) is 9.60. The first-order valence-electron chi connectivity index (χ1n) is 6.39. The Hall–Kier alpha value is -1.46. The van der Waals surface area contributed by atoms with Crippen molar-refractivity contribution in [2.24, 2.45) is 0 Å². The van der Waals surface area contributed by atoms with E-state index in [9.17, 15) is 13.9 Å². The lowest BCUT2D eigenvalue weighted by atomic mass is 10.0. The molecular weight excluding hydrogens is 282 g/mol. The Morgan fingerprint density at radius 2 is 1.85 bits per heavy atom. The second-order valence-electron chi connectivity index (χ2n) is 4.36. The van der Waals surface area contributed by atoms with Gasteiger partial charge in [0.25, 0.3) is 0 Å². The number of aliphatic hydroxyl groups is 1. The third-order valence-electron chi connectivity index (χ3n) is 2.95. The van der Waals surface area contributed by atoms with Crippen LogP contribution in [0.25, 0.3) is 0 Å². The Labute approximate surface area is 120 Å². The van der Waals surface area contributed by atoms with Crippen molar-refractivity contribution in [3.8, 4) is 5.75 Å². The molecule has 2 rings (SSSR count). The van der Waals surface area contributed by atoms with Gasteiger partial charge in [0.2, 0.25) is 0 Å². The first-order valence-corrected chi connectivity index (χ1v) is 7.21. The van der Waals surface area contributed by atoms with Gasteiger partial charge >= 0.3 is 6.61 Å². The Morgan fingerprint density at radius 1 is 1.15 bits per heavy atom. The number of rotatable bonds is 6. The van der Waals surface area contributed by atoms with Gasteiger partial charge in [-0.2, -0.15) is 8.78 Å². The molecule has 0 aliphatic carbocycles. The van der Waals surface area contributed by atoms with Crippen LogP contribution in [0.5, 0.6) is 5.75 Å². The Kier molecular flexibility index (Phi) is 5.09. The molecule has 0 aliphatic heterocycles. The maximum Gasteiger partial charge on any atom is 0.387 e. The quantitative estimate of drug-likeness (QED) is 0.866. The molecule has 1 atom stereocenters. The van der Waals surface area contributed by atoms with Gasteiger partial charge in [-0.3, -0.25) is 0 Å². The Bertz CT molecular complexity index is 554. The summed E-state index contributed by atoms with van der Waals surface area (Å²) >= 11 is 1.63. The average molecular weight is 298 g/mol. The summed E-state index contributed by atoms with van der Waals surface area (Å²) in [6.45, 7) is -0.825. The van der Waals surface area contributed by atoms with Crippen LogP contribution < -0.4 is 4.74 Å². The molecule has 2 nitrogen and oxygen atoms in total. The lowest BCUT2D eigenvalue weighted by Gasteiger charge is -2.15. The molecule has 108 valence electrons. The summed E-state index contributed by atoms with van der Waals surface area (Å²) in [5.74, 6) is 0.0299. The van der Waals surface area contributed by atoms with Gasteiger partial charge < -0.3 is 9.84 Å². The topological polar surface area (TPSA) is 29.5 Å². The van der Waals surface area contributed by atoms with Gasteiger partial charge in [-0.25, -0.2) is 0 Å². The predicted octanol–water partition coefficient (Wildman–Crippen LogP) is 4.19. The summed E-state index contributed by atoms with van der Waals surface area (Å²) in [6, 6.07) is 10.3. The van der Waals surface area contributed by atoms with Crippen LogP contribution in [0.15, 0.2) is 36.4 Å². The van der Waals surface area contributed by atoms with E-state index in [0.29, 0.717) is 12.0 Å². The third-order valence-corrected chi connectivity index (χ3v) is 4.21. The van der Waals surface area contributed by atoms with E-state index in [1.54, 1.807) is 29.5 Å². The van der Waals surface area contributed by atoms with Gasteiger partial charge in [-0.05, 0) is 24.6 Å². The first kappa shape index (κ1) is 14.9. The molecule has 0 saturated carbocycles. The number of alkyl halides is 2. The number of aryl methyl sites for hydroxylation is 1. The molecule has 1 N–H and O–H groups in total. The molecule has 1 heterocycles. The van der Waals surface area contributed by atoms with E-state index in [4.69, 9.17) is 0 Å². The summed E-state index contributed by atoms with van der Waals surface area (Å²) in [5.41, 5.74) is 0.388. The number of thiophene rings is 1. The van der Waals surface area contributed by atoms with Crippen molar-refractivity contribution in [3.63, 3.8) is 0 Å². The van der Waals surface area contributed by atoms with Gasteiger partial charge in [-0.15, -0.1) is 11.3 Å². The highest BCUT2D eigenvalue weighted by atomic mass is 32.1. The number of aliphatic hydroxyl groups excluding tert-OH is 1. The lowest BCUT2D eigenvalue weighted by Crippen LogP contribution is -2.08. The standard InChI is InChI=1S/C15H16F2O2S/c1-2-10-7-8-11(20-10)9-13(18)12-5-3-4-6-14(12)19-15(16)17/h3-8,13,15,18H,2,9H2,1H3. The van der Waals surface area contributed by atoms with Crippen LogP contribution in [0, 0.1) is 0 Å². The molecular formula is C15H16F2O2S. The van der Waals surface area contributed by atoms with Crippen LogP contribution in [0.4, 0.5) is 8.78 Å². The van der Waals surface area contributed by atoms with Crippen LogP contribution in [-0.2, 0) is 12.8 Å². The average Bonchev–Trinajstić information content (AvgIpc) is 2.86. The van der Waals surface area contributed by atoms with E-state index in [1.807, 2.05) is 12.1 Å². The zero-order valence-corrected chi connectivity index (χ0v) is 11.9. The molecule has 1 aromatic carbocycles. The molecule has 0 fully saturated rings. The summed E-state index contributed by atoms with van der Waals surface area (Å²) < 4.78 is 29.1. The van der Waals surface area contributed by atoms with Crippen molar-refractivity contribution in [1.82, 2.24) is 0 Å². The van der Waals surface area contributed by atoms with Gasteiger partial charge in [0.05, 0.1) is 6.10 Å². The summed E-state index contributed by atoms with van der Waals surface area (Å²) in [6.07, 6.45) is 0.494. The highest BCUT2D eigenvalue weighted by molar-refractivity contribution is 7.11. The van der Waals surface area contributed by atoms with Crippen molar-refractivity contribution in [2.45, 2.75) is 32.5 Å². The number of hydrogen-bond donors (Lipinski definition) is 1. The number of ether oxygens (including phenoxy) is 1. The Balaban J connectivity index is 2.14. The second-order valence-corrected chi connectivity index (χ2v) is 5.61. The van der Waals surface area contributed by atoms with E-state index >= 15 is 0 Å². The smallest absolute Gasteiger partial charge is 0.387 e. The fraction of sp³-hybridized carbons (Fsp3) is 0.333. The van der Waals surface area contributed by atoms with Crippen LogP contribution in [0.2, 0.25) is 0 Å². The van der Waals surface area contributed by atoms with E-state index in [0.717, 1.165) is 11.3 Å². The lowest BCUT2D eigenvalue weighted by molar-refractivity contribution is -0.0515. The minimum atomic E-state index is -2.89. The maximum absolute atomic E-state index is 12.3. The van der Waals surface area contributed by atoms with Gasteiger partial charge in [0.15, 0.2) is 0 Å². The van der Waals surface area contributed by atoms with E-state index in [1.165, 1.54) is 10.9 Å². The molecule has 2 aromatic rings. The van der Waals surface area contributed by atoms with Gasteiger partial charge in [0.1, 0.15) is 5.75 Å². The van der Waals surface area contributed by atoms with Crippen molar-refractivity contribution in [3.05, 3.63) is 51.7 Å². The molecule has 1 unspecified atom stereocenters. The molecule has 1 aromatic heterocycles. The van der Waals surface area contributed by atoms with Crippen LogP contribution in [0.1, 0.15) is 28.3 Å². The molecule has 20 heavy (non-hydrogen) atoms. The predicted molar refractivity (Wildman–Crippen MR) is 75.4 cm³/mol. The van der Waals surface area contributed by atoms with E-state index < -0.39 is 12.7 Å². The zero-order chi connectivity index (χ0) is 14.5. The fourth-order valence-corrected chi connectivity index (χ4v) is 2.98.